The summed E-state index contributed by atoms with van der Waals surface area (Å²) in [7, 11) is 1.62. The Morgan fingerprint density at radius 2 is 2.00 bits per heavy atom. The first-order valence-electron chi connectivity index (χ1n) is 6.46. The molecule has 1 N–H and O–H groups in total. The van der Waals surface area contributed by atoms with E-state index in [1.54, 1.807) is 13.4 Å². The van der Waals surface area contributed by atoms with Crippen molar-refractivity contribution in [2.45, 2.75) is 19.4 Å². The molecule has 0 radical (unpaired) electrons. The molecule has 0 amide bonds. The quantitative estimate of drug-likeness (QED) is 0.863. The smallest absolute Gasteiger partial charge is 0.216 e. The van der Waals surface area contributed by atoms with Gasteiger partial charge in [0.05, 0.1) is 18.8 Å². The largest absolute Gasteiger partial charge is 0.481 e. The minimum Gasteiger partial charge on any atom is -0.481 e. The Kier molecular flexibility index (Phi) is 4.86. The van der Waals surface area contributed by atoms with Gasteiger partial charge in [-0.3, -0.25) is 0 Å². The van der Waals surface area contributed by atoms with Gasteiger partial charge >= 0.3 is 0 Å². The molecule has 0 spiro atoms. The molecule has 0 saturated carbocycles. The third-order valence-corrected chi connectivity index (χ3v) is 2.96. The predicted octanol–water partition coefficient (Wildman–Crippen LogP) is 2.38. The van der Waals surface area contributed by atoms with Gasteiger partial charge in [-0.2, -0.15) is 0 Å². The van der Waals surface area contributed by atoms with E-state index in [-0.39, 0.29) is 6.04 Å². The lowest BCUT2D eigenvalue weighted by Gasteiger charge is -2.17. The van der Waals surface area contributed by atoms with E-state index >= 15 is 0 Å². The number of hydrogen-bond acceptors (Lipinski definition) is 4. The number of methoxy groups -OCH3 is 1. The molecule has 2 aromatic rings. The van der Waals surface area contributed by atoms with E-state index in [2.05, 4.69) is 46.5 Å². The van der Waals surface area contributed by atoms with E-state index in [9.17, 15) is 0 Å². The van der Waals surface area contributed by atoms with Crippen LogP contribution in [-0.4, -0.2) is 23.6 Å². The van der Waals surface area contributed by atoms with Crippen molar-refractivity contribution in [2.24, 2.45) is 0 Å². The van der Waals surface area contributed by atoms with Crippen LogP contribution < -0.4 is 10.1 Å². The molecule has 0 aliphatic heterocycles. The van der Waals surface area contributed by atoms with Crippen LogP contribution in [0, 0.1) is 0 Å². The number of aromatic nitrogens is 2. The van der Waals surface area contributed by atoms with Gasteiger partial charge in [-0.05, 0) is 18.5 Å². The van der Waals surface area contributed by atoms with E-state index < -0.39 is 0 Å². The van der Waals surface area contributed by atoms with Crippen LogP contribution in [0.1, 0.15) is 24.2 Å². The zero-order valence-corrected chi connectivity index (χ0v) is 11.3. The lowest BCUT2D eigenvalue weighted by molar-refractivity contribution is 0.393. The molecule has 4 nitrogen and oxygen atoms in total. The Morgan fingerprint density at radius 3 is 2.68 bits per heavy atom. The molecule has 1 aromatic heterocycles. The van der Waals surface area contributed by atoms with Gasteiger partial charge in [0.25, 0.3) is 0 Å². The van der Waals surface area contributed by atoms with Crippen molar-refractivity contribution >= 4 is 0 Å². The summed E-state index contributed by atoms with van der Waals surface area (Å²) in [4.78, 5) is 8.40. The monoisotopic (exact) mass is 257 g/mol. The van der Waals surface area contributed by atoms with Gasteiger partial charge in [0, 0.05) is 6.07 Å². The molecule has 4 heteroatoms. The van der Waals surface area contributed by atoms with Gasteiger partial charge in [0.1, 0.15) is 6.33 Å². The van der Waals surface area contributed by atoms with E-state index in [1.807, 2.05) is 12.1 Å². The second-order valence-corrected chi connectivity index (χ2v) is 4.29. The summed E-state index contributed by atoms with van der Waals surface area (Å²) in [6, 6.07) is 12.4. The van der Waals surface area contributed by atoms with Crippen LogP contribution in [0.4, 0.5) is 0 Å². The van der Waals surface area contributed by atoms with Crippen LogP contribution in [0.3, 0.4) is 0 Å². The summed E-state index contributed by atoms with van der Waals surface area (Å²) in [5, 5.41) is 3.45. The fourth-order valence-electron chi connectivity index (χ4n) is 2.03. The SMILES string of the molecule is CCNC(Cc1ccccc1)c1cc(OC)ncn1. The Labute approximate surface area is 113 Å². The van der Waals surface area contributed by atoms with Crippen molar-refractivity contribution in [3.05, 3.63) is 54.0 Å². The first-order valence-corrected chi connectivity index (χ1v) is 6.46. The van der Waals surface area contributed by atoms with Crippen molar-refractivity contribution in [2.75, 3.05) is 13.7 Å². The lowest BCUT2D eigenvalue weighted by atomic mass is 10.0. The van der Waals surface area contributed by atoms with E-state index in [0.717, 1.165) is 18.7 Å². The van der Waals surface area contributed by atoms with Crippen molar-refractivity contribution < 1.29 is 4.74 Å². The maximum Gasteiger partial charge on any atom is 0.216 e. The van der Waals surface area contributed by atoms with Crippen molar-refractivity contribution in [3.63, 3.8) is 0 Å². The van der Waals surface area contributed by atoms with Crippen LogP contribution in [0.15, 0.2) is 42.7 Å². The second kappa shape index (κ2) is 6.85. The molecule has 100 valence electrons. The Bertz CT molecular complexity index is 502. The molecule has 2 rings (SSSR count). The average Bonchev–Trinajstić information content (AvgIpc) is 2.48. The topological polar surface area (TPSA) is 47.0 Å². The summed E-state index contributed by atoms with van der Waals surface area (Å²) < 4.78 is 5.15. The minimum atomic E-state index is 0.171. The first-order chi connectivity index (χ1) is 9.33. The molecule has 1 aromatic carbocycles. The van der Waals surface area contributed by atoms with Gasteiger partial charge in [0.15, 0.2) is 0 Å². The van der Waals surface area contributed by atoms with Crippen LogP contribution in [0.2, 0.25) is 0 Å². The number of likely N-dealkylation sites (N-methyl/N-ethyl adjacent to an activating group) is 1. The molecule has 1 heterocycles. The van der Waals surface area contributed by atoms with Crippen molar-refractivity contribution in [3.8, 4) is 5.88 Å². The van der Waals surface area contributed by atoms with Gasteiger partial charge in [-0.1, -0.05) is 37.3 Å². The molecule has 0 aliphatic rings. The highest BCUT2D eigenvalue weighted by Crippen LogP contribution is 2.18. The Hall–Kier alpha value is -1.94. The number of rotatable bonds is 6. The summed E-state index contributed by atoms with van der Waals surface area (Å²) in [6.45, 7) is 2.99. The highest BCUT2D eigenvalue weighted by molar-refractivity contribution is 5.21. The molecular weight excluding hydrogens is 238 g/mol. The van der Waals surface area contributed by atoms with Crippen LogP contribution in [0.5, 0.6) is 5.88 Å². The third-order valence-electron chi connectivity index (χ3n) is 2.96. The maximum absolute atomic E-state index is 5.15. The normalized spacial score (nSPS) is 12.1. The van der Waals surface area contributed by atoms with E-state index in [0.29, 0.717) is 5.88 Å². The predicted molar refractivity (Wildman–Crippen MR) is 75.1 cm³/mol. The van der Waals surface area contributed by atoms with Crippen LogP contribution in [0.25, 0.3) is 0 Å². The van der Waals surface area contributed by atoms with E-state index in [1.165, 1.54) is 5.56 Å². The van der Waals surface area contributed by atoms with Gasteiger partial charge in [-0.15, -0.1) is 0 Å². The number of nitrogens with one attached hydrogen (secondary N) is 1. The molecule has 1 unspecified atom stereocenters. The molecule has 1 atom stereocenters. The summed E-state index contributed by atoms with van der Waals surface area (Å²) >= 11 is 0. The average molecular weight is 257 g/mol. The maximum atomic E-state index is 5.15. The molecule has 0 fully saturated rings. The molecule has 19 heavy (non-hydrogen) atoms. The minimum absolute atomic E-state index is 0.171. The first kappa shape index (κ1) is 13.5. The molecule has 0 bridgehead atoms. The molecule has 0 aliphatic carbocycles. The standard InChI is InChI=1S/C15H19N3O/c1-3-16-13(9-12-7-5-4-6-8-12)14-10-15(19-2)18-11-17-14/h4-8,10-11,13,16H,3,9H2,1-2H3. The highest BCUT2D eigenvalue weighted by Gasteiger charge is 2.13. The number of ether oxygens (including phenoxy) is 1. The summed E-state index contributed by atoms with van der Waals surface area (Å²) in [5.41, 5.74) is 2.24. The number of benzene rings is 1. The van der Waals surface area contributed by atoms with Gasteiger partial charge in [-0.25, -0.2) is 9.97 Å². The number of nitrogens with zero attached hydrogens (tertiary/aromatic N) is 2. The summed E-state index contributed by atoms with van der Waals surface area (Å²) in [6.07, 6.45) is 2.44. The van der Waals surface area contributed by atoms with Crippen molar-refractivity contribution in [1.82, 2.24) is 15.3 Å². The highest BCUT2D eigenvalue weighted by atomic mass is 16.5. The zero-order valence-electron chi connectivity index (χ0n) is 11.3. The fraction of sp³-hybridized carbons (Fsp3) is 0.333. The van der Waals surface area contributed by atoms with E-state index in [4.69, 9.17) is 4.74 Å². The summed E-state index contributed by atoms with van der Waals surface area (Å²) in [5.74, 6) is 0.598. The van der Waals surface area contributed by atoms with Gasteiger partial charge < -0.3 is 10.1 Å². The lowest BCUT2D eigenvalue weighted by Crippen LogP contribution is -2.24. The van der Waals surface area contributed by atoms with Gasteiger partial charge in [0.2, 0.25) is 5.88 Å². The van der Waals surface area contributed by atoms with Crippen LogP contribution in [-0.2, 0) is 6.42 Å². The molecule has 0 saturated heterocycles. The fourth-order valence-corrected chi connectivity index (χ4v) is 2.03. The second-order valence-electron chi connectivity index (χ2n) is 4.29. The number of hydrogen-bond donors (Lipinski definition) is 1. The van der Waals surface area contributed by atoms with Crippen LogP contribution >= 0.6 is 0 Å². The Morgan fingerprint density at radius 1 is 1.21 bits per heavy atom. The van der Waals surface area contributed by atoms with Crippen molar-refractivity contribution in [1.29, 1.82) is 0 Å². The zero-order chi connectivity index (χ0) is 13.5. The third kappa shape index (κ3) is 3.76. The molecular formula is C15H19N3O. The Balaban J connectivity index is 2.19.